The van der Waals surface area contributed by atoms with Crippen LogP contribution in [0.1, 0.15) is 48.9 Å². The molecule has 0 spiro atoms. The summed E-state index contributed by atoms with van der Waals surface area (Å²) >= 11 is 0. The zero-order chi connectivity index (χ0) is 19.8. The number of benzene rings is 2. The Morgan fingerprint density at radius 2 is 1.71 bits per heavy atom. The second-order valence-corrected chi connectivity index (χ2v) is 7.61. The smallest absolute Gasteiger partial charge is 0.258 e. The van der Waals surface area contributed by atoms with Gasteiger partial charge in [-0.2, -0.15) is 0 Å². The van der Waals surface area contributed by atoms with Crippen LogP contribution < -0.4 is 10.1 Å². The molecule has 0 aromatic heterocycles. The van der Waals surface area contributed by atoms with Gasteiger partial charge in [0.15, 0.2) is 6.61 Å². The standard InChI is InChI=1S/C24H32N2O2/c1-3-20-9-13-22(14-10-20)28-18-24(27)25-17-23(26-15-5-4-6-16-26)21-11-7-19(2)8-12-21/h7-14,23H,3-6,15-18H2,1-2H3,(H,25,27)/t23-/m0/s1. The zero-order valence-electron chi connectivity index (χ0n) is 17.1. The summed E-state index contributed by atoms with van der Waals surface area (Å²) < 4.78 is 5.64. The summed E-state index contributed by atoms with van der Waals surface area (Å²) in [6.07, 6.45) is 4.76. The van der Waals surface area contributed by atoms with E-state index in [2.05, 4.69) is 48.3 Å². The third kappa shape index (κ3) is 5.83. The van der Waals surface area contributed by atoms with E-state index in [9.17, 15) is 4.79 Å². The Hall–Kier alpha value is -2.33. The van der Waals surface area contributed by atoms with Crippen molar-refractivity contribution in [2.24, 2.45) is 0 Å². The van der Waals surface area contributed by atoms with Gasteiger partial charge in [0.05, 0.1) is 6.04 Å². The third-order valence-electron chi connectivity index (χ3n) is 5.49. The molecule has 1 aliphatic heterocycles. The average Bonchev–Trinajstić information content (AvgIpc) is 2.75. The van der Waals surface area contributed by atoms with Crippen molar-refractivity contribution in [1.82, 2.24) is 10.2 Å². The van der Waals surface area contributed by atoms with E-state index in [0.29, 0.717) is 6.54 Å². The number of ether oxygens (including phenoxy) is 1. The predicted octanol–water partition coefficient (Wildman–Crippen LogP) is 4.28. The van der Waals surface area contributed by atoms with Crippen LogP contribution in [-0.2, 0) is 11.2 Å². The molecular formula is C24H32N2O2. The molecule has 1 fully saturated rings. The maximum atomic E-state index is 12.4. The molecule has 0 unspecified atom stereocenters. The van der Waals surface area contributed by atoms with E-state index in [-0.39, 0.29) is 18.6 Å². The molecule has 0 aliphatic carbocycles. The summed E-state index contributed by atoms with van der Waals surface area (Å²) in [7, 11) is 0. The molecule has 1 atom stereocenters. The number of nitrogens with zero attached hydrogens (tertiary/aromatic N) is 1. The highest BCUT2D eigenvalue weighted by molar-refractivity contribution is 5.77. The van der Waals surface area contributed by atoms with Gasteiger partial charge in [0, 0.05) is 6.54 Å². The van der Waals surface area contributed by atoms with Crippen molar-refractivity contribution in [3.63, 3.8) is 0 Å². The molecule has 150 valence electrons. The lowest BCUT2D eigenvalue weighted by molar-refractivity contribution is -0.123. The summed E-state index contributed by atoms with van der Waals surface area (Å²) in [5, 5.41) is 3.08. The minimum Gasteiger partial charge on any atom is -0.484 e. The maximum absolute atomic E-state index is 12.4. The first kappa shape index (κ1) is 20.4. The predicted molar refractivity (Wildman–Crippen MR) is 114 cm³/mol. The van der Waals surface area contributed by atoms with E-state index in [1.807, 2.05) is 24.3 Å². The van der Waals surface area contributed by atoms with Crippen molar-refractivity contribution < 1.29 is 9.53 Å². The fourth-order valence-electron chi connectivity index (χ4n) is 3.71. The van der Waals surface area contributed by atoms with Gasteiger partial charge >= 0.3 is 0 Å². The Morgan fingerprint density at radius 1 is 1.04 bits per heavy atom. The van der Waals surface area contributed by atoms with Gasteiger partial charge in [-0.1, -0.05) is 55.3 Å². The van der Waals surface area contributed by atoms with Crippen molar-refractivity contribution >= 4 is 5.91 Å². The molecule has 1 heterocycles. The highest BCUT2D eigenvalue weighted by atomic mass is 16.5. The molecule has 28 heavy (non-hydrogen) atoms. The Labute approximate surface area is 168 Å². The molecule has 0 saturated carbocycles. The number of carbonyl (C=O) groups excluding carboxylic acids is 1. The second kappa shape index (κ2) is 10.3. The van der Waals surface area contributed by atoms with Gasteiger partial charge in [-0.3, -0.25) is 9.69 Å². The number of hydrogen-bond donors (Lipinski definition) is 1. The van der Waals surface area contributed by atoms with Crippen LogP contribution in [0.4, 0.5) is 0 Å². The van der Waals surface area contributed by atoms with Crippen molar-refractivity contribution in [1.29, 1.82) is 0 Å². The van der Waals surface area contributed by atoms with Gasteiger partial charge in [0.25, 0.3) is 5.91 Å². The fraction of sp³-hybridized carbons (Fsp3) is 0.458. The highest BCUT2D eigenvalue weighted by Gasteiger charge is 2.22. The molecule has 0 bridgehead atoms. The molecule has 1 N–H and O–H groups in total. The Bertz CT molecular complexity index is 734. The van der Waals surface area contributed by atoms with E-state index in [1.54, 1.807) is 0 Å². The number of likely N-dealkylation sites (tertiary alicyclic amines) is 1. The fourth-order valence-corrected chi connectivity index (χ4v) is 3.71. The van der Waals surface area contributed by atoms with Crippen molar-refractivity contribution in [3.05, 3.63) is 65.2 Å². The number of aryl methyl sites for hydroxylation is 2. The van der Waals surface area contributed by atoms with E-state index in [1.165, 1.54) is 36.0 Å². The largest absolute Gasteiger partial charge is 0.484 e. The highest BCUT2D eigenvalue weighted by Crippen LogP contribution is 2.24. The van der Waals surface area contributed by atoms with Crippen molar-refractivity contribution in [2.75, 3.05) is 26.2 Å². The van der Waals surface area contributed by atoms with E-state index < -0.39 is 0 Å². The van der Waals surface area contributed by atoms with Crippen LogP contribution >= 0.6 is 0 Å². The van der Waals surface area contributed by atoms with Crippen molar-refractivity contribution in [3.8, 4) is 5.75 Å². The number of carbonyl (C=O) groups is 1. The van der Waals surface area contributed by atoms with E-state index >= 15 is 0 Å². The van der Waals surface area contributed by atoms with Crippen LogP contribution in [-0.4, -0.2) is 37.0 Å². The summed E-state index contributed by atoms with van der Waals surface area (Å²) in [4.78, 5) is 14.9. The molecule has 4 nitrogen and oxygen atoms in total. The van der Waals surface area contributed by atoms with Gasteiger partial charge in [-0.25, -0.2) is 0 Å². The monoisotopic (exact) mass is 380 g/mol. The number of amides is 1. The number of hydrogen-bond acceptors (Lipinski definition) is 3. The van der Waals surface area contributed by atoms with Crippen LogP contribution in [0.3, 0.4) is 0 Å². The zero-order valence-corrected chi connectivity index (χ0v) is 17.1. The van der Waals surface area contributed by atoms with Crippen LogP contribution in [0.15, 0.2) is 48.5 Å². The van der Waals surface area contributed by atoms with Crippen LogP contribution in [0.25, 0.3) is 0 Å². The summed E-state index contributed by atoms with van der Waals surface area (Å²) in [5.74, 6) is 0.659. The van der Waals surface area contributed by atoms with Gasteiger partial charge in [-0.15, -0.1) is 0 Å². The molecular weight excluding hydrogens is 348 g/mol. The second-order valence-electron chi connectivity index (χ2n) is 7.61. The Balaban J connectivity index is 1.55. The van der Waals surface area contributed by atoms with E-state index in [4.69, 9.17) is 4.74 Å². The van der Waals surface area contributed by atoms with Gasteiger partial charge in [0.2, 0.25) is 0 Å². The molecule has 4 heteroatoms. The normalized spacial score (nSPS) is 15.8. The number of nitrogens with one attached hydrogen (secondary N) is 1. The molecule has 1 aliphatic rings. The molecule has 1 saturated heterocycles. The summed E-state index contributed by atoms with van der Waals surface area (Å²) in [5.41, 5.74) is 3.79. The lowest BCUT2D eigenvalue weighted by Gasteiger charge is -2.35. The summed E-state index contributed by atoms with van der Waals surface area (Å²) in [6.45, 7) is 7.07. The molecule has 1 amide bonds. The average molecular weight is 381 g/mol. The lowest BCUT2D eigenvalue weighted by atomic mass is 10.0. The van der Waals surface area contributed by atoms with Gasteiger partial charge in [0.1, 0.15) is 5.75 Å². The summed E-state index contributed by atoms with van der Waals surface area (Å²) in [6, 6.07) is 16.8. The first-order valence-corrected chi connectivity index (χ1v) is 10.4. The molecule has 3 rings (SSSR count). The lowest BCUT2D eigenvalue weighted by Crippen LogP contribution is -2.41. The molecule has 2 aromatic rings. The van der Waals surface area contributed by atoms with Crippen LogP contribution in [0, 0.1) is 6.92 Å². The SMILES string of the molecule is CCc1ccc(OCC(=O)NC[C@@H](c2ccc(C)cc2)N2CCCCC2)cc1. The topological polar surface area (TPSA) is 41.6 Å². The van der Waals surface area contributed by atoms with Crippen molar-refractivity contribution in [2.45, 2.75) is 45.6 Å². The van der Waals surface area contributed by atoms with E-state index in [0.717, 1.165) is 25.3 Å². The Kier molecular flexibility index (Phi) is 7.49. The van der Waals surface area contributed by atoms with Crippen LogP contribution in [0.5, 0.6) is 5.75 Å². The molecule has 2 aromatic carbocycles. The minimum atomic E-state index is -0.0753. The number of piperidine rings is 1. The van der Waals surface area contributed by atoms with Gasteiger partial charge in [-0.05, 0) is 62.5 Å². The van der Waals surface area contributed by atoms with Gasteiger partial charge < -0.3 is 10.1 Å². The van der Waals surface area contributed by atoms with Crippen LogP contribution in [0.2, 0.25) is 0 Å². The number of rotatable bonds is 8. The maximum Gasteiger partial charge on any atom is 0.258 e. The Morgan fingerprint density at radius 3 is 2.36 bits per heavy atom. The quantitative estimate of drug-likeness (QED) is 0.743. The molecule has 0 radical (unpaired) electrons. The first-order valence-electron chi connectivity index (χ1n) is 10.4. The third-order valence-corrected chi connectivity index (χ3v) is 5.49. The minimum absolute atomic E-state index is 0.0477. The first-order chi connectivity index (χ1) is 13.7.